The summed E-state index contributed by atoms with van der Waals surface area (Å²) in [4.78, 5) is 24.4. The van der Waals surface area contributed by atoms with Crippen molar-refractivity contribution < 1.29 is 14.3 Å². The summed E-state index contributed by atoms with van der Waals surface area (Å²) in [6, 6.07) is 23.9. The number of hydrogen-bond donors (Lipinski definition) is 0. The quantitative estimate of drug-likeness (QED) is 0.315. The summed E-state index contributed by atoms with van der Waals surface area (Å²) in [6.07, 6.45) is 0.239. The molecule has 3 aromatic rings. The molecule has 0 fully saturated rings. The van der Waals surface area contributed by atoms with Crippen LogP contribution in [0.2, 0.25) is 5.02 Å². The highest BCUT2D eigenvalue weighted by molar-refractivity contribution is 6.30. The van der Waals surface area contributed by atoms with E-state index >= 15 is 0 Å². The average Bonchev–Trinajstić information content (AvgIpc) is 2.68. The van der Waals surface area contributed by atoms with Crippen LogP contribution in [0.25, 0.3) is 0 Å². The highest BCUT2D eigenvalue weighted by Crippen LogP contribution is 2.37. The summed E-state index contributed by atoms with van der Waals surface area (Å²) in [5.74, 6) is -0.272. The first-order chi connectivity index (χ1) is 13.0. The minimum Gasteiger partial charge on any atom is -0.426 e. The van der Waals surface area contributed by atoms with E-state index in [1.54, 1.807) is 30.3 Å². The maximum atomic E-state index is 12.9. The fraction of sp³-hybridized carbons (Fsp3) is 0.130. The zero-order valence-electron chi connectivity index (χ0n) is 14.9. The number of benzene rings is 3. The Kier molecular flexibility index (Phi) is 6.05. The van der Waals surface area contributed by atoms with Crippen molar-refractivity contribution in [3.8, 4) is 5.75 Å². The number of ether oxygens (including phenoxy) is 1. The van der Waals surface area contributed by atoms with E-state index in [0.717, 1.165) is 5.56 Å². The molecule has 0 bridgehead atoms. The molecular weight excluding hydrogens is 360 g/mol. The van der Waals surface area contributed by atoms with E-state index < -0.39 is 5.97 Å². The molecule has 4 heteroatoms. The van der Waals surface area contributed by atoms with Crippen molar-refractivity contribution in [2.75, 3.05) is 0 Å². The SMILES string of the molecule is CC(=O)Oc1ccc(Cl)cc1C(CC(=O)c1ccccc1)c1ccccc1. The van der Waals surface area contributed by atoms with Crippen molar-refractivity contribution in [1.82, 2.24) is 0 Å². The van der Waals surface area contributed by atoms with Crippen LogP contribution in [0.15, 0.2) is 78.9 Å². The molecule has 1 atom stereocenters. The number of hydrogen-bond acceptors (Lipinski definition) is 3. The summed E-state index contributed by atoms with van der Waals surface area (Å²) < 4.78 is 5.38. The Hall–Kier alpha value is -2.91. The number of Topliss-reactive ketones (excluding diaryl/α,β-unsaturated/α-hetero) is 1. The molecule has 0 amide bonds. The fourth-order valence-electron chi connectivity index (χ4n) is 3.06. The van der Waals surface area contributed by atoms with Crippen LogP contribution in [0.1, 0.15) is 40.7 Å². The van der Waals surface area contributed by atoms with Gasteiger partial charge in [-0.05, 0) is 23.8 Å². The second-order valence-electron chi connectivity index (χ2n) is 6.23. The molecule has 0 aromatic heterocycles. The molecule has 0 spiro atoms. The monoisotopic (exact) mass is 378 g/mol. The molecule has 0 saturated carbocycles. The van der Waals surface area contributed by atoms with E-state index in [1.807, 2.05) is 48.5 Å². The lowest BCUT2D eigenvalue weighted by molar-refractivity contribution is -0.131. The van der Waals surface area contributed by atoms with Crippen LogP contribution in [-0.4, -0.2) is 11.8 Å². The maximum absolute atomic E-state index is 12.9. The van der Waals surface area contributed by atoms with Crippen LogP contribution in [0, 0.1) is 0 Å². The van der Waals surface area contributed by atoms with Gasteiger partial charge in [-0.1, -0.05) is 72.3 Å². The smallest absolute Gasteiger partial charge is 0.308 e. The summed E-state index contributed by atoms with van der Waals surface area (Å²) >= 11 is 6.21. The van der Waals surface area contributed by atoms with Gasteiger partial charge in [0, 0.05) is 35.4 Å². The Morgan fingerprint density at radius 1 is 0.926 bits per heavy atom. The lowest BCUT2D eigenvalue weighted by atomic mass is 9.85. The van der Waals surface area contributed by atoms with Gasteiger partial charge in [-0.2, -0.15) is 0 Å². The second-order valence-corrected chi connectivity index (χ2v) is 6.67. The number of carbonyl (C=O) groups is 2. The summed E-state index contributed by atoms with van der Waals surface area (Å²) in [7, 11) is 0. The molecule has 0 aliphatic carbocycles. The molecule has 0 radical (unpaired) electrons. The first kappa shape index (κ1) is 18.9. The molecule has 27 heavy (non-hydrogen) atoms. The molecule has 0 heterocycles. The molecular formula is C23H19ClO3. The second kappa shape index (κ2) is 8.65. The molecule has 0 aliphatic rings. The van der Waals surface area contributed by atoms with Crippen molar-refractivity contribution in [3.63, 3.8) is 0 Å². The first-order valence-corrected chi connectivity index (χ1v) is 9.03. The molecule has 3 nitrogen and oxygen atoms in total. The Balaban J connectivity index is 2.05. The minimum absolute atomic E-state index is 0.0122. The summed E-state index contributed by atoms with van der Waals surface area (Å²) in [6.45, 7) is 1.35. The standard InChI is InChI=1S/C23H19ClO3/c1-16(25)27-23-13-12-19(24)14-21(23)20(17-8-4-2-5-9-17)15-22(26)18-10-6-3-7-11-18/h2-14,20H,15H2,1H3. The Bertz CT molecular complexity index is 936. The predicted octanol–water partition coefficient (Wildman–Crippen LogP) is 5.67. The third-order valence-corrected chi connectivity index (χ3v) is 4.52. The molecule has 0 saturated heterocycles. The van der Waals surface area contributed by atoms with Gasteiger partial charge in [0.2, 0.25) is 0 Å². The Morgan fingerprint density at radius 3 is 2.19 bits per heavy atom. The van der Waals surface area contributed by atoms with Gasteiger partial charge < -0.3 is 4.74 Å². The number of carbonyl (C=O) groups excluding carboxylic acids is 2. The third kappa shape index (κ3) is 4.83. The molecule has 0 aliphatic heterocycles. The maximum Gasteiger partial charge on any atom is 0.308 e. The number of halogens is 1. The summed E-state index contributed by atoms with van der Waals surface area (Å²) in [5.41, 5.74) is 2.32. The highest BCUT2D eigenvalue weighted by atomic mass is 35.5. The van der Waals surface area contributed by atoms with Gasteiger partial charge in [-0.15, -0.1) is 0 Å². The third-order valence-electron chi connectivity index (χ3n) is 4.29. The van der Waals surface area contributed by atoms with Crippen molar-refractivity contribution in [3.05, 3.63) is 101 Å². The zero-order valence-corrected chi connectivity index (χ0v) is 15.6. The van der Waals surface area contributed by atoms with Gasteiger partial charge in [0.25, 0.3) is 0 Å². The largest absolute Gasteiger partial charge is 0.426 e. The van der Waals surface area contributed by atoms with Crippen LogP contribution in [0.5, 0.6) is 5.75 Å². The van der Waals surface area contributed by atoms with E-state index in [0.29, 0.717) is 21.9 Å². The van der Waals surface area contributed by atoms with Crippen LogP contribution < -0.4 is 4.74 Å². The van der Waals surface area contributed by atoms with E-state index in [2.05, 4.69) is 0 Å². The van der Waals surface area contributed by atoms with Crippen LogP contribution in [0.4, 0.5) is 0 Å². The minimum atomic E-state index is -0.417. The fourth-order valence-corrected chi connectivity index (χ4v) is 3.24. The zero-order chi connectivity index (χ0) is 19.2. The van der Waals surface area contributed by atoms with Gasteiger partial charge in [0.05, 0.1) is 0 Å². The topological polar surface area (TPSA) is 43.4 Å². The van der Waals surface area contributed by atoms with Crippen LogP contribution in [0.3, 0.4) is 0 Å². The molecule has 0 N–H and O–H groups in total. The molecule has 3 rings (SSSR count). The van der Waals surface area contributed by atoms with Crippen molar-refractivity contribution in [1.29, 1.82) is 0 Å². The van der Waals surface area contributed by atoms with Gasteiger partial charge >= 0.3 is 5.97 Å². The number of rotatable bonds is 6. The van der Waals surface area contributed by atoms with Crippen LogP contribution in [-0.2, 0) is 4.79 Å². The van der Waals surface area contributed by atoms with Crippen molar-refractivity contribution >= 4 is 23.4 Å². The predicted molar refractivity (Wildman–Crippen MR) is 106 cm³/mol. The van der Waals surface area contributed by atoms with Gasteiger partial charge in [0.1, 0.15) is 5.75 Å². The Morgan fingerprint density at radius 2 is 1.56 bits per heavy atom. The lowest BCUT2D eigenvalue weighted by Gasteiger charge is -2.20. The summed E-state index contributed by atoms with van der Waals surface area (Å²) in [5, 5.41) is 0.522. The molecule has 3 aromatic carbocycles. The van der Waals surface area contributed by atoms with E-state index in [9.17, 15) is 9.59 Å². The number of ketones is 1. The molecule has 1 unspecified atom stereocenters. The van der Waals surface area contributed by atoms with Crippen molar-refractivity contribution in [2.45, 2.75) is 19.3 Å². The number of esters is 1. The van der Waals surface area contributed by atoms with Gasteiger partial charge in [0.15, 0.2) is 5.78 Å². The van der Waals surface area contributed by atoms with E-state index in [-0.39, 0.29) is 18.1 Å². The molecule has 136 valence electrons. The normalized spacial score (nSPS) is 11.6. The first-order valence-electron chi connectivity index (χ1n) is 8.65. The van der Waals surface area contributed by atoms with E-state index in [4.69, 9.17) is 16.3 Å². The van der Waals surface area contributed by atoms with Gasteiger partial charge in [-0.25, -0.2) is 0 Å². The Labute approximate surface area is 163 Å². The lowest BCUT2D eigenvalue weighted by Crippen LogP contribution is -2.12. The van der Waals surface area contributed by atoms with Gasteiger partial charge in [-0.3, -0.25) is 9.59 Å². The average molecular weight is 379 g/mol. The van der Waals surface area contributed by atoms with E-state index in [1.165, 1.54) is 6.92 Å². The van der Waals surface area contributed by atoms with Crippen molar-refractivity contribution in [2.24, 2.45) is 0 Å². The highest BCUT2D eigenvalue weighted by Gasteiger charge is 2.23. The van der Waals surface area contributed by atoms with Crippen LogP contribution >= 0.6 is 11.6 Å².